The first-order valence-corrected chi connectivity index (χ1v) is 13.4. The van der Waals surface area contributed by atoms with Crippen molar-refractivity contribution in [3.05, 3.63) is 0 Å². The predicted molar refractivity (Wildman–Crippen MR) is 125 cm³/mol. The Balaban J connectivity index is 1.58. The molecule has 0 heterocycles. The van der Waals surface area contributed by atoms with E-state index in [2.05, 4.69) is 34.6 Å². The zero-order valence-electron chi connectivity index (χ0n) is 20.8. The number of aliphatic hydroxyl groups excluding tert-OH is 1. The van der Waals surface area contributed by atoms with Crippen LogP contribution < -0.4 is 0 Å². The van der Waals surface area contributed by atoms with Crippen LogP contribution in [-0.2, 0) is 4.79 Å². The summed E-state index contributed by atoms with van der Waals surface area (Å²) in [5.41, 5.74) is -1.21. The molecule has 4 aliphatic rings. The fourth-order valence-corrected chi connectivity index (χ4v) is 9.62. The predicted octanol–water partition coefficient (Wildman–Crippen LogP) is 6.01. The Hall–Kier alpha value is -0.410. The number of carbonyl (C=O) groups is 1. The molecule has 0 spiro atoms. The van der Waals surface area contributed by atoms with Crippen molar-refractivity contribution >= 4 is 6.29 Å². The molecule has 2 N–H and O–H groups in total. The minimum Gasteiger partial charge on any atom is -0.392 e. The Labute approximate surface area is 190 Å². The van der Waals surface area contributed by atoms with Crippen LogP contribution in [0.3, 0.4) is 0 Å². The average molecular weight is 433 g/mol. The van der Waals surface area contributed by atoms with E-state index < -0.39 is 17.1 Å². The van der Waals surface area contributed by atoms with Gasteiger partial charge in [0.2, 0.25) is 0 Å². The van der Waals surface area contributed by atoms with E-state index in [9.17, 15) is 15.0 Å². The third kappa shape index (κ3) is 3.47. The average Bonchev–Trinajstić information content (AvgIpc) is 3.06. The zero-order valence-corrected chi connectivity index (χ0v) is 20.8. The molecule has 10 atom stereocenters. The number of hydrogen-bond donors (Lipinski definition) is 2. The van der Waals surface area contributed by atoms with Gasteiger partial charge in [-0.1, -0.05) is 53.9 Å². The largest absolute Gasteiger partial charge is 0.392 e. The quantitative estimate of drug-likeness (QED) is 0.505. The first-order chi connectivity index (χ1) is 14.6. The van der Waals surface area contributed by atoms with Gasteiger partial charge in [-0.25, -0.2) is 0 Å². The van der Waals surface area contributed by atoms with E-state index in [-0.39, 0.29) is 5.92 Å². The lowest BCUT2D eigenvalue weighted by Crippen LogP contribution is -2.69. The summed E-state index contributed by atoms with van der Waals surface area (Å²) in [5, 5.41) is 23.0. The lowest BCUT2D eigenvalue weighted by molar-refractivity contribution is -0.261. The lowest BCUT2D eigenvalue weighted by atomic mass is 9.40. The van der Waals surface area contributed by atoms with Crippen molar-refractivity contribution < 1.29 is 15.0 Å². The molecular weight excluding hydrogens is 384 g/mol. The van der Waals surface area contributed by atoms with Gasteiger partial charge < -0.3 is 15.0 Å². The summed E-state index contributed by atoms with van der Waals surface area (Å²) >= 11 is 0. The lowest BCUT2D eigenvalue weighted by Gasteiger charge is -2.66. The molecule has 0 aromatic carbocycles. The van der Waals surface area contributed by atoms with Crippen molar-refractivity contribution in [3.8, 4) is 0 Å². The zero-order chi connectivity index (χ0) is 22.6. The van der Waals surface area contributed by atoms with Gasteiger partial charge in [-0.15, -0.1) is 0 Å². The van der Waals surface area contributed by atoms with E-state index in [1.165, 1.54) is 38.5 Å². The highest BCUT2D eigenvalue weighted by atomic mass is 16.3. The van der Waals surface area contributed by atoms with E-state index in [1.807, 2.05) is 0 Å². The van der Waals surface area contributed by atoms with Gasteiger partial charge >= 0.3 is 0 Å². The molecule has 3 nitrogen and oxygen atoms in total. The van der Waals surface area contributed by atoms with Crippen molar-refractivity contribution in [2.75, 3.05) is 0 Å². The van der Waals surface area contributed by atoms with E-state index >= 15 is 0 Å². The minimum absolute atomic E-state index is 0.321. The van der Waals surface area contributed by atoms with Gasteiger partial charge in [0.1, 0.15) is 6.29 Å². The summed E-state index contributed by atoms with van der Waals surface area (Å²) < 4.78 is 0. The molecule has 4 fully saturated rings. The highest BCUT2D eigenvalue weighted by Crippen LogP contribution is 2.70. The monoisotopic (exact) mass is 432 g/mol. The molecule has 0 radical (unpaired) electrons. The molecule has 4 rings (SSSR count). The van der Waals surface area contributed by atoms with Crippen molar-refractivity contribution in [2.45, 2.75) is 117 Å². The van der Waals surface area contributed by atoms with Gasteiger partial charge in [0, 0.05) is 11.3 Å². The molecule has 31 heavy (non-hydrogen) atoms. The van der Waals surface area contributed by atoms with Crippen LogP contribution in [0.25, 0.3) is 0 Å². The highest BCUT2D eigenvalue weighted by molar-refractivity contribution is 5.57. The Morgan fingerprint density at radius 3 is 2.42 bits per heavy atom. The van der Waals surface area contributed by atoms with Crippen LogP contribution in [0.15, 0.2) is 0 Å². The third-order valence-electron chi connectivity index (χ3n) is 11.4. The van der Waals surface area contributed by atoms with Crippen molar-refractivity contribution in [3.63, 3.8) is 0 Å². The molecule has 0 saturated heterocycles. The van der Waals surface area contributed by atoms with Gasteiger partial charge in [-0.2, -0.15) is 0 Å². The fourth-order valence-electron chi connectivity index (χ4n) is 9.62. The molecule has 3 heteroatoms. The Kier molecular flexibility index (Phi) is 6.45. The summed E-state index contributed by atoms with van der Waals surface area (Å²) in [7, 11) is 0. The fraction of sp³-hybridized carbons (Fsp3) is 0.964. The van der Waals surface area contributed by atoms with Crippen molar-refractivity contribution in [1.29, 1.82) is 0 Å². The second kappa shape index (κ2) is 8.42. The van der Waals surface area contributed by atoms with Gasteiger partial charge in [-0.3, -0.25) is 0 Å². The molecule has 4 saturated carbocycles. The molecule has 0 aliphatic heterocycles. The van der Waals surface area contributed by atoms with Crippen LogP contribution in [0.1, 0.15) is 105 Å². The number of rotatable bonds is 6. The van der Waals surface area contributed by atoms with Crippen LogP contribution in [0.5, 0.6) is 0 Å². The van der Waals surface area contributed by atoms with Crippen LogP contribution >= 0.6 is 0 Å². The first kappa shape index (κ1) is 23.7. The van der Waals surface area contributed by atoms with E-state index in [1.54, 1.807) is 0 Å². The van der Waals surface area contributed by atoms with E-state index in [0.717, 1.165) is 49.7 Å². The van der Waals surface area contributed by atoms with E-state index in [4.69, 9.17) is 0 Å². The summed E-state index contributed by atoms with van der Waals surface area (Å²) in [6.45, 7) is 11.8. The Morgan fingerprint density at radius 1 is 1.00 bits per heavy atom. The van der Waals surface area contributed by atoms with Crippen LogP contribution in [-0.4, -0.2) is 28.2 Å². The van der Waals surface area contributed by atoms with Crippen molar-refractivity contribution in [2.24, 2.45) is 52.3 Å². The van der Waals surface area contributed by atoms with E-state index in [0.29, 0.717) is 29.6 Å². The highest BCUT2D eigenvalue weighted by Gasteiger charge is 2.69. The number of fused-ring (bicyclic) bond motifs is 5. The topological polar surface area (TPSA) is 57.5 Å². The molecule has 0 aromatic heterocycles. The molecule has 178 valence electrons. The van der Waals surface area contributed by atoms with Gasteiger partial charge in [-0.05, 0) is 92.3 Å². The molecular formula is C28H48O3. The normalized spacial score (nSPS) is 50.5. The van der Waals surface area contributed by atoms with Gasteiger partial charge in [0.05, 0.1) is 11.7 Å². The molecule has 0 aromatic rings. The van der Waals surface area contributed by atoms with Gasteiger partial charge in [0.25, 0.3) is 0 Å². The van der Waals surface area contributed by atoms with Gasteiger partial charge in [0.15, 0.2) is 0 Å². The van der Waals surface area contributed by atoms with Crippen molar-refractivity contribution in [1.82, 2.24) is 0 Å². The van der Waals surface area contributed by atoms with Crippen LogP contribution in [0, 0.1) is 52.3 Å². The summed E-state index contributed by atoms with van der Waals surface area (Å²) in [6.07, 6.45) is 12.6. The summed E-state index contributed by atoms with van der Waals surface area (Å²) in [5.74, 6) is 3.48. The Bertz CT molecular complexity index is 661. The first-order valence-electron chi connectivity index (χ1n) is 13.4. The summed E-state index contributed by atoms with van der Waals surface area (Å²) in [4.78, 5) is 12.2. The minimum atomic E-state index is -1.02. The summed E-state index contributed by atoms with van der Waals surface area (Å²) in [6, 6.07) is 0. The number of aliphatic hydroxyl groups is 2. The SMILES string of the molecule is CC(C)CCC[C@@H](C)[C@H]1CC[C@H]2[C@@H]3CC(C=O)C4(O)CCCC(O)[C@]4(C)[C@H]3CC[C@]12C. The standard InChI is InChI=1S/C28H48O3/c1-18(2)8-6-9-19(3)22-11-12-23-21-16-20(17-29)28(31)14-7-10-25(30)27(28,5)24(21)13-15-26(22,23)4/h17-25,30-31H,6-16H2,1-5H3/t19-,20?,21+,22-,23+,24+,25?,26-,27+,28?/m1/s1. The maximum atomic E-state index is 12.2. The molecule has 0 amide bonds. The third-order valence-corrected chi connectivity index (χ3v) is 11.4. The smallest absolute Gasteiger partial charge is 0.125 e. The van der Waals surface area contributed by atoms with Crippen LogP contribution in [0.4, 0.5) is 0 Å². The molecule has 4 aliphatic carbocycles. The molecule has 3 unspecified atom stereocenters. The second-order valence-electron chi connectivity index (χ2n) is 13.0. The Morgan fingerprint density at radius 2 is 1.74 bits per heavy atom. The maximum Gasteiger partial charge on any atom is 0.125 e. The maximum absolute atomic E-state index is 12.2. The molecule has 0 bridgehead atoms. The second-order valence-corrected chi connectivity index (χ2v) is 13.0. The number of carbonyl (C=O) groups excluding carboxylic acids is 1. The number of aldehydes is 1. The number of hydrogen-bond acceptors (Lipinski definition) is 3. The van der Waals surface area contributed by atoms with Crippen LogP contribution in [0.2, 0.25) is 0 Å².